The molecule has 0 fully saturated rings. The maximum atomic E-state index is 12.1. The van der Waals surface area contributed by atoms with Gasteiger partial charge in [-0.05, 0) is 11.5 Å². The molecule has 4 rings (SSSR count). The zero-order chi connectivity index (χ0) is 12.1. The summed E-state index contributed by atoms with van der Waals surface area (Å²) in [5.41, 5.74) is 4.13. The number of nitrogens with zero attached hydrogens (tertiary/aromatic N) is 1. The summed E-state index contributed by atoms with van der Waals surface area (Å²) in [6.07, 6.45) is 4.48. The third kappa shape index (κ3) is 1.14. The molecular formula is C14H11N3O. The molecule has 88 valence electrons. The van der Waals surface area contributed by atoms with Crippen molar-refractivity contribution in [2.45, 2.75) is 6.42 Å². The molecule has 0 bridgehead atoms. The van der Waals surface area contributed by atoms with Crippen LogP contribution in [0.25, 0.3) is 21.9 Å². The van der Waals surface area contributed by atoms with Crippen LogP contribution in [0.4, 0.5) is 5.69 Å². The van der Waals surface area contributed by atoms with Crippen LogP contribution >= 0.6 is 0 Å². The molecule has 4 nitrogen and oxygen atoms in total. The minimum atomic E-state index is -0.0541. The lowest BCUT2D eigenvalue weighted by Crippen LogP contribution is -2.15. The first-order chi connectivity index (χ1) is 8.84. The van der Waals surface area contributed by atoms with Crippen molar-refractivity contribution in [3.05, 3.63) is 46.6 Å². The van der Waals surface area contributed by atoms with Crippen LogP contribution in [0.15, 0.2) is 35.4 Å². The van der Waals surface area contributed by atoms with Crippen molar-refractivity contribution in [1.82, 2.24) is 9.97 Å². The van der Waals surface area contributed by atoms with E-state index in [2.05, 4.69) is 15.3 Å². The van der Waals surface area contributed by atoms with Gasteiger partial charge in [-0.25, -0.2) is 0 Å². The Morgan fingerprint density at radius 3 is 3.11 bits per heavy atom. The number of pyridine rings is 1. The highest BCUT2D eigenvalue weighted by atomic mass is 16.1. The number of fused-ring (bicyclic) bond motifs is 2. The molecule has 3 heterocycles. The predicted octanol–water partition coefficient (Wildman–Crippen LogP) is 2.00. The Hall–Kier alpha value is -2.36. The lowest BCUT2D eigenvalue weighted by molar-refractivity contribution is 0.962. The van der Waals surface area contributed by atoms with Crippen LogP contribution in [0, 0.1) is 0 Å². The second-order valence-electron chi connectivity index (χ2n) is 4.56. The van der Waals surface area contributed by atoms with E-state index in [0.717, 1.165) is 46.2 Å². The van der Waals surface area contributed by atoms with Gasteiger partial charge in [0.25, 0.3) is 5.56 Å². The number of hydrogen-bond donors (Lipinski definition) is 2. The Labute approximate surface area is 103 Å². The van der Waals surface area contributed by atoms with Gasteiger partial charge in [-0.15, -0.1) is 0 Å². The average Bonchev–Trinajstić information content (AvgIpc) is 2.71. The first kappa shape index (κ1) is 9.65. The van der Waals surface area contributed by atoms with E-state index < -0.39 is 0 Å². The van der Waals surface area contributed by atoms with E-state index in [-0.39, 0.29) is 5.56 Å². The Balaban J connectivity index is 2.32. The lowest BCUT2D eigenvalue weighted by Gasteiger charge is -2.16. The summed E-state index contributed by atoms with van der Waals surface area (Å²) < 4.78 is 0. The maximum Gasteiger partial charge on any atom is 0.257 e. The number of hydrogen-bond acceptors (Lipinski definition) is 3. The molecule has 18 heavy (non-hydrogen) atoms. The largest absolute Gasteiger partial charge is 0.383 e. The molecule has 0 saturated carbocycles. The molecule has 0 saturated heterocycles. The minimum Gasteiger partial charge on any atom is -0.383 e. The van der Waals surface area contributed by atoms with Gasteiger partial charge >= 0.3 is 0 Å². The Kier molecular flexibility index (Phi) is 1.78. The van der Waals surface area contributed by atoms with Crippen molar-refractivity contribution in [3.63, 3.8) is 0 Å². The van der Waals surface area contributed by atoms with Gasteiger partial charge in [0, 0.05) is 36.5 Å². The van der Waals surface area contributed by atoms with Crippen LogP contribution in [0.1, 0.15) is 5.69 Å². The molecule has 0 aromatic carbocycles. The fourth-order valence-corrected chi connectivity index (χ4v) is 2.73. The summed E-state index contributed by atoms with van der Waals surface area (Å²) in [7, 11) is 0. The van der Waals surface area contributed by atoms with Crippen molar-refractivity contribution in [2.24, 2.45) is 0 Å². The van der Waals surface area contributed by atoms with Crippen molar-refractivity contribution in [1.29, 1.82) is 0 Å². The van der Waals surface area contributed by atoms with E-state index in [0.29, 0.717) is 0 Å². The minimum absolute atomic E-state index is 0.0541. The van der Waals surface area contributed by atoms with Gasteiger partial charge in [-0.3, -0.25) is 9.78 Å². The summed E-state index contributed by atoms with van der Waals surface area (Å²) in [5, 5.41) is 5.03. The molecule has 2 N–H and O–H groups in total. The molecule has 2 aliphatic heterocycles. The number of rotatable bonds is 0. The van der Waals surface area contributed by atoms with E-state index in [4.69, 9.17) is 0 Å². The lowest BCUT2D eigenvalue weighted by atomic mass is 10.0. The SMILES string of the molecule is O=c1[nH]ccc2ccc3cnc4c-3c(c12)NCC4. The number of anilines is 1. The van der Waals surface area contributed by atoms with E-state index in [1.165, 1.54) is 0 Å². The monoisotopic (exact) mass is 237 g/mol. The van der Waals surface area contributed by atoms with Gasteiger partial charge in [0.1, 0.15) is 0 Å². The van der Waals surface area contributed by atoms with Crippen molar-refractivity contribution in [2.75, 3.05) is 11.9 Å². The van der Waals surface area contributed by atoms with Gasteiger partial charge in [-0.1, -0.05) is 12.1 Å². The van der Waals surface area contributed by atoms with Gasteiger partial charge in [0.2, 0.25) is 0 Å². The molecule has 0 atom stereocenters. The third-order valence-electron chi connectivity index (χ3n) is 3.54. The highest BCUT2D eigenvalue weighted by Crippen LogP contribution is 2.38. The van der Waals surface area contributed by atoms with Gasteiger partial charge in [-0.2, -0.15) is 0 Å². The summed E-state index contributed by atoms with van der Waals surface area (Å²) in [5.74, 6) is 0. The first-order valence-corrected chi connectivity index (χ1v) is 6.00. The van der Waals surface area contributed by atoms with E-state index in [1.54, 1.807) is 6.20 Å². The summed E-state index contributed by atoms with van der Waals surface area (Å²) >= 11 is 0. The Bertz CT molecular complexity index is 791. The first-order valence-electron chi connectivity index (χ1n) is 6.00. The summed E-state index contributed by atoms with van der Waals surface area (Å²) in [6, 6.07) is 5.94. The molecule has 1 aromatic rings. The number of H-pyrrole nitrogens is 1. The average molecular weight is 237 g/mol. The third-order valence-corrected chi connectivity index (χ3v) is 3.54. The molecule has 0 amide bonds. The second-order valence-corrected chi connectivity index (χ2v) is 4.56. The molecule has 4 heteroatoms. The van der Waals surface area contributed by atoms with Crippen molar-refractivity contribution < 1.29 is 0 Å². The molecule has 1 aliphatic carbocycles. The Morgan fingerprint density at radius 2 is 2.17 bits per heavy atom. The van der Waals surface area contributed by atoms with E-state index in [9.17, 15) is 4.79 Å². The quantitative estimate of drug-likeness (QED) is 0.628. The second kappa shape index (κ2) is 3.32. The van der Waals surface area contributed by atoms with Gasteiger partial charge in [0.15, 0.2) is 0 Å². The predicted molar refractivity (Wildman–Crippen MR) is 71.2 cm³/mol. The van der Waals surface area contributed by atoms with Crippen LogP contribution in [0.3, 0.4) is 0 Å². The zero-order valence-electron chi connectivity index (χ0n) is 9.66. The topological polar surface area (TPSA) is 57.8 Å². The van der Waals surface area contributed by atoms with Crippen LogP contribution in [-0.2, 0) is 6.42 Å². The Morgan fingerprint density at radius 1 is 1.22 bits per heavy atom. The van der Waals surface area contributed by atoms with Gasteiger partial charge in [0.05, 0.1) is 16.8 Å². The normalized spacial score (nSPS) is 13.8. The number of aromatic nitrogens is 2. The fourth-order valence-electron chi connectivity index (χ4n) is 2.73. The molecule has 0 radical (unpaired) electrons. The molecular weight excluding hydrogens is 226 g/mol. The smallest absolute Gasteiger partial charge is 0.257 e. The van der Waals surface area contributed by atoms with Crippen LogP contribution in [-0.4, -0.2) is 16.5 Å². The maximum absolute atomic E-state index is 12.1. The molecule has 0 spiro atoms. The summed E-state index contributed by atoms with van der Waals surface area (Å²) in [6.45, 7) is 0.826. The highest BCUT2D eigenvalue weighted by molar-refractivity contribution is 6.01. The summed E-state index contributed by atoms with van der Waals surface area (Å²) in [4.78, 5) is 19.3. The standard InChI is InChI=1S/C14H11N3O/c18-14-12-8(3-5-16-14)1-2-9-7-17-10-4-6-15-13(12)11(9)10/h1-3,5,7,15H,4,6H2,(H,16,18). The van der Waals surface area contributed by atoms with Crippen molar-refractivity contribution >= 4 is 16.5 Å². The fraction of sp³-hybridized carbons (Fsp3) is 0.143. The van der Waals surface area contributed by atoms with Crippen LogP contribution in [0.5, 0.6) is 0 Å². The number of nitrogens with one attached hydrogen (secondary N) is 2. The van der Waals surface area contributed by atoms with Crippen molar-refractivity contribution in [3.8, 4) is 11.1 Å². The molecule has 0 unspecified atom stereocenters. The highest BCUT2D eigenvalue weighted by Gasteiger charge is 2.21. The zero-order valence-corrected chi connectivity index (χ0v) is 9.66. The van der Waals surface area contributed by atoms with E-state index >= 15 is 0 Å². The molecule has 3 aliphatic rings. The molecule has 1 aromatic heterocycles. The van der Waals surface area contributed by atoms with E-state index in [1.807, 2.05) is 24.4 Å². The van der Waals surface area contributed by atoms with Gasteiger partial charge < -0.3 is 10.3 Å². The van der Waals surface area contributed by atoms with Crippen LogP contribution in [0.2, 0.25) is 0 Å². The number of aromatic amines is 1. The van der Waals surface area contributed by atoms with Crippen LogP contribution < -0.4 is 10.9 Å².